The molecule has 0 spiro atoms. The summed E-state index contributed by atoms with van der Waals surface area (Å²) < 4.78 is 10.6. The molecule has 1 atom stereocenters. The van der Waals surface area contributed by atoms with Gasteiger partial charge < -0.3 is 25.0 Å². The summed E-state index contributed by atoms with van der Waals surface area (Å²) in [5.74, 6) is -0.154. The lowest BCUT2D eigenvalue weighted by Gasteiger charge is -2.31. The average Bonchev–Trinajstić information content (AvgIpc) is 3.51. The molecule has 33 heavy (non-hydrogen) atoms. The number of nitrogens with zero attached hydrogens (tertiary/aromatic N) is 2. The van der Waals surface area contributed by atoms with Crippen LogP contribution in [0.3, 0.4) is 0 Å². The fraction of sp³-hybridized carbons (Fsp3) is 0.440. The van der Waals surface area contributed by atoms with Crippen molar-refractivity contribution in [1.29, 1.82) is 0 Å². The molecule has 2 amide bonds. The zero-order chi connectivity index (χ0) is 22.8. The fourth-order valence-electron chi connectivity index (χ4n) is 4.96. The number of ether oxygens (including phenoxy) is 2. The van der Waals surface area contributed by atoms with E-state index in [1.165, 1.54) is 16.8 Å². The highest BCUT2D eigenvalue weighted by molar-refractivity contribution is 6.39. The van der Waals surface area contributed by atoms with Gasteiger partial charge in [-0.05, 0) is 68.1 Å². The molecule has 2 aromatic carbocycles. The van der Waals surface area contributed by atoms with E-state index in [1.54, 1.807) is 18.2 Å². The lowest BCUT2D eigenvalue weighted by Crippen LogP contribution is -2.41. The zero-order valence-electron chi connectivity index (χ0n) is 18.9. The summed E-state index contributed by atoms with van der Waals surface area (Å²) in [6.45, 7) is 3.63. The van der Waals surface area contributed by atoms with Gasteiger partial charge in [-0.2, -0.15) is 0 Å². The number of carbonyl (C=O) groups excluding carboxylic acids is 2. The monoisotopic (exact) mass is 450 g/mol. The van der Waals surface area contributed by atoms with Crippen LogP contribution in [-0.2, 0) is 16.0 Å². The maximum absolute atomic E-state index is 12.6. The third kappa shape index (κ3) is 4.61. The van der Waals surface area contributed by atoms with Crippen molar-refractivity contribution in [1.82, 2.24) is 10.2 Å². The predicted molar refractivity (Wildman–Crippen MR) is 126 cm³/mol. The lowest BCUT2D eigenvalue weighted by molar-refractivity contribution is -0.136. The largest absolute Gasteiger partial charge is 0.454 e. The van der Waals surface area contributed by atoms with Crippen LogP contribution in [0.15, 0.2) is 36.4 Å². The SMILES string of the molecule is CN1CCCc2cc(C(CNC(=O)C(=O)Nc3ccc4c(c3)OCO4)N3CCCC3)ccc21. The van der Waals surface area contributed by atoms with Gasteiger partial charge >= 0.3 is 11.8 Å². The van der Waals surface area contributed by atoms with E-state index in [-0.39, 0.29) is 12.8 Å². The highest BCUT2D eigenvalue weighted by Gasteiger charge is 2.27. The first-order valence-corrected chi connectivity index (χ1v) is 11.7. The molecule has 0 aromatic heterocycles. The zero-order valence-corrected chi connectivity index (χ0v) is 18.9. The Morgan fingerprint density at radius 1 is 0.970 bits per heavy atom. The predicted octanol–water partition coefficient (Wildman–Crippen LogP) is 2.69. The minimum atomic E-state index is -0.693. The maximum Gasteiger partial charge on any atom is 0.313 e. The van der Waals surface area contributed by atoms with Crippen LogP contribution in [0.4, 0.5) is 11.4 Å². The number of aryl methyl sites for hydroxylation is 1. The summed E-state index contributed by atoms with van der Waals surface area (Å²) in [4.78, 5) is 29.8. The van der Waals surface area contributed by atoms with Gasteiger partial charge in [0.05, 0.1) is 6.04 Å². The summed E-state index contributed by atoms with van der Waals surface area (Å²) in [5.41, 5.74) is 4.34. The molecular formula is C25H30N4O4. The Labute approximate surface area is 193 Å². The van der Waals surface area contributed by atoms with Crippen molar-refractivity contribution in [2.45, 2.75) is 31.7 Å². The summed E-state index contributed by atoms with van der Waals surface area (Å²) in [6, 6.07) is 11.8. The van der Waals surface area contributed by atoms with E-state index >= 15 is 0 Å². The van der Waals surface area contributed by atoms with E-state index < -0.39 is 11.8 Å². The molecule has 3 aliphatic heterocycles. The Morgan fingerprint density at radius 3 is 2.64 bits per heavy atom. The molecular weight excluding hydrogens is 420 g/mol. The molecule has 1 fully saturated rings. The summed E-state index contributed by atoms with van der Waals surface area (Å²) in [5, 5.41) is 5.50. The van der Waals surface area contributed by atoms with Crippen molar-refractivity contribution < 1.29 is 19.1 Å². The van der Waals surface area contributed by atoms with E-state index in [4.69, 9.17) is 9.47 Å². The number of likely N-dealkylation sites (tertiary alicyclic amines) is 1. The van der Waals surface area contributed by atoms with Gasteiger partial charge in [0.25, 0.3) is 0 Å². The van der Waals surface area contributed by atoms with E-state index in [2.05, 4.69) is 45.7 Å². The molecule has 0 saturated carbocycles. The van der Waals surface area contributed by atoms with Crippen molar-refractivity contribution >= 4 is 23.2 Å². The number of hydrogen-bond acceptors (Lipinski definition) is 6. The van der Waals surface area contributed by atoms with Crippen LogP contribution < -0.4 is 25.0 Å². The standard InChI is InChI=1S/C25H30N4O4/c1-28-10-4-5-17-13-18(6-8-20(17)28)21(29-11-2-3-12-29)15-26-24(30)25(31)27-19-7-9-22-23(14-19)33-16-32-22/h6-9,13-14,21H,2-5,10-12,15-16H2,1H3,(H,26,30)(H,27,31). The number of carbonyl (C=O) groups is 2. The molecule has 174 valence electrons. The minimum absolute atomic E-state index is 0.0484. The van der Waals surface area contributed by atoms with E-state index in [9.17, 15) is 9.59 Å². The van der Waals surface area contributed by atoms with Crippen LogP contribution in [-0.4, -0.2) is 56.7 Å². The molecule has 3 heterocycles. The van der Waals surface area contributed by atoms with Crippen LogP contribution in [0.25, 0.3) is 0 Å². The molecule has 3 aliphatic rings. The molecule has 8 heteroatoms. The maximum atomic E-state index is 12.6. The molecule has 0 aliphatic carbocycles. The molecule has 1 saturated heterocycles. The third-order valence-corrected chi connectivity index (χ3v) is 6.71. The van der Waals surface area contributed by atoms with Crippen molar-refractivity contribution in [3.05, 3.63) is 47.5 Å². The van der Waals surface area contributed by atoms with Gasteiger partial charge in [-0.15, -0.1) is 0 Å². The smallest absolute Gasteiger partial charge is 0.313 e. The van der Waals surface area contributed by atoms with Crippen LogP contribution in [0.2, 0.25) is 0 Å². The van der Waals surface area contributed by atoms with E-state index in [1.807, 2.05) is 0 Å². The Hall–Kier alpha value is -3.26. The number of fused-ring (bicyclic) bond motifs is 2. The van der Waals surface area contributed by atoms with Gasteiger partial charge in [0.2, 0.25) is 6.79 Å². The third-order valence-electron chi connectivity index (χ3n) is 6.71. The molecule has 5 rings (SSSR count). The second kappa shape index (κ2) is 9.31. The first-order valence-electron chi connectivity index (χ1n) is 11.7. The second-order valence-electron chi connectivity index (χ2n) is 8.90. The van der Waals surface area contributed by atoms with Crippen molar-refractivity contribution in [3.63, 3.8) is 0 Å². The molecule has 2 N–H and O–H groups in total. The van der Waals surface area contributed by atoms with Crippen LogP contribution in [0.5, 0.6) is 11.5 Å². The van der Waals surface area contributed by atoms with Gasteiger partial charge in [0.1, 0.15) is 0 Å². The summed E-state index contributed by atoms with van der Waals surface area (Å²) in [7, 11) is 2.13. The van der Waals surface area contributed by atoms with Gasteiger partial charge in [0, 0.05) is 37.6 Å². The number of rotatable bonds is 5. The first kappa shape index (κ1) is 21.6. The molecule has 2 aromatic rings. The van der Waals surface area contributed by atoms with Crippen molar-refractivity contribution in [2.75, 3.05) is 50.2 Å². The summed E-state index contributed by atoms with van der Waals surface area (Å²) >= 11 is 0. The number of amides is 2. The minimum Gasteiger partial charge on any atom is -0.454 e. The summed E-state index contributed by atoms with van der Waals surface area (Å²) in [6.07, 6.45) is 4.54. The van der Waals surface area contributed by atoms with Gasteiger partial charge in [-0.1, -0.05) is 12.1 Å². The lowest BCUT2D eigenvalue weighted by atomic mass is 9.96. The quantitative estimate of drug-likeness (QED) is 0.682. The average molecular weight is 451 g/mol. The van der Waals surface area contributed by atoms with Crippen LogP contribution in [0, 0.1) is 0 Å². The Morgan fingerprint density at radius 2 is 1.79 bits per heavy atom. The number of anilines is 2. The first-order chi connectivity index (χ1) is 16.1. The van der Waals surface area contributed by atoms with E-state index in [0.717, 1.165) is 45.3 Å². The Bertz CT molecular complexity index is 1050. The highest BCUT2D eigenvalue weighted by Crippen LogP contribution is 2.34. The van der Waals surface area contributed by atoms with Crippen molar-refractivity contribution in [2.24, 2.45) is 0 Å². The number of hydrogen-bond donors (Lipinski definition) is 2. The normalized spacial score (nSPS) is 18.0. The fourth-order valence-corrected chi connectivity index (χ4v) is 4.96. The van der Waals surface area contributed by atoms with Gasteiger partial charge in [-0.25, -0.2) is 0 Å². The molecule has 1 unspecified atom stereocenters. The van der Waals surface area contributed by atoms with Crippen LogP contribution >= 0.6 is 0 Å². The Kier molecular flexibility index (Phi) is 6.09. The number of benzene rings is 2. The molecule has 8 nitrogen and oxygen atoms in total. The van der Waals surface area contributed by atoms with Gasteiger partial charge in [-0.3, -0.25) is 14.5 Å². The Balaban J connectivity index is 1.26. The topological polar surface area (TPSA) is 83.1 Å². The van der Waals surface area contributed by atoms with Gasteiger partial charge in [0.15, 0.2) is 11.5 Å². The van der Waals surface area contributed by atoms with Crippen LogP contribution in [0.1, 0.15) is 36.4 Å². The second-order valence-corrected chi connectivity index (χ2v) is 8.90. The highest BCUT2D eigenvalue weighted by atomic mass is 16.7. The molecule has 0 radical (unpaired) electrons. The van der Waals surface area contributed by atoms with E-state index in [0.29, 0.717) is 23.7 Å². The molecule has 0 bridgehead atoms. The number of nitrogens with one attached hydrogen (secondary N) is 2. The van der Waals surface area contributed by atoms with Crippen molar-refractivity contribution in [3.8, 4) is 11.5 Å².